The van der Waals surface area contributed by atoms with Crippen molar-refractivity contribution >= 4 is 22.8 Å². The first-order chi connectivity index (χ1) is 13.5. The van der Waals surface area contributed by atoms with Crippen LogP contribution in [0.25, 0.3) is 11.0 Å². The van der Waals surface area contributed by atoms with Crippen molar-refractivity contribution in [3.8, 4) is 5.88 Å². The van der Waals surface area contributed by atoms with Crippen molar-refractivity contribution in [1.29, 1.82) is 0 Å². The van der Waals surface area contributed by atoms with Crippen LogP contribution in [0.5, 0.6) is 5.88 Å². The van der Waals surface area contributed by atoms with Crippen molar-refractivity contribution in [3.05, 3.63) is 41.7 Å². The SMILES string of the molecule is Cc1cc(C)c2c(OCC(=O)N3CCN(c4ccccn4)CC3)nn(C)c2n1. The molecule has 28 heavy (non-hydrogen) atoms. The topological polar surface area (TPSA) is 76.4 Å². The number of nitrogens with zero attached hydrogens (tertiary/aromatic N) is 6. The number of carbonyl (C=O) groups excluding carboxylic acids is 1. The van der Waals surface area contributed by atoms with Gasteiger partial charge in [0.2, 0.25) is 5.88 Å². The van der Waals surface area contributed by atoms with Gasteiger partial charge in [-0.1, -0.05) is 6.07 Å². The summed E-state index contributed by atoms with van der Waals surface area (Å²) >= 11 is 0. The standard InChI is InChI=1S/C20H24N6O2/c1-14-12-15(2)22-19-18(14)20(23-24(19)3)28-13-17(27)26-10-8-25(9-11-26)16-6-4-5-7-21-16/h4-7,12H,8-11,13H2,1-3H3. The van der Waals surface area contributed by atoms with E-state index in [4.69, 9.17) is 4.74 Å². The van der Waals surface area contributed by atoms with Crippen molar-refractivity contribution in [2.24, 2.45) is 7.05 Å². The van der Waals surface area contributed by atoms with Crippen LogP contribution in [0.3, 0.4) is 0 Å². The summed E-state index contributed by atoms with van der Waals surface area (Å²) in [6.45, 7) is 6.76. The third kappa shape index (κ3) is 3.49. The highest BCUT2D eigenvalue weighted by atomic mass is 16.5. The molecular formula is C20H24N6O2. The van der Waals surface area contributed by atoms with Crippen molar-refractivity contribution in [3.63, 3.8) is 0 Å². The number of aryl methyl sites for hydroxylation is 3. The molecule has 146 valence electrons. The summed E-state index contributed by atoms with van der Waals surface area (Å²) in [6.07, 6.45) is 1.79. The lowest BCUT2D eigenvalue weighted by atomic mass is 10.2. The highest BCUT2D eigenvalue weighted by molar-refractivity contribution is 5.85. The summed E-state index contributed by atoms with van der Waals surface area (Å²) in [5, 5.41) is 5.27. The highest BCUT2D eigenvalue weighted by Crippen LogP contribution is 2.27. The van der Waals surface area contributed by atoms with Gasteiger partial charge in [0.25, 0.3) is 5.91 Å². The molecule has 1 amide bonds. The number of fused-ring (bicyclic) bond motifs is 1. The summed E-state index contributed by atoms with van der Waals surface area (Å²) < 4.78 is 7.49. The smallest absolute Gasteiger partial charge is 0.260 e. The molecule has 0 atom stereocenters. The van der Waals surface area contributed by atoms with Gasteiger partial charge in [0.15, 0.2) is 12.3 Å². The van der Waals surface area contributed by atoms with E-state index >= 15 is 0 Å². The molecule has 3 aromatic rings. The Balaban J connectivity index is 1.39. The maximum atomic E-state index is 12.6. The monoisotopic (exact) mass is 380 g/mol. The summed E-state index contributed by atoms with van der Waals surface area (Å²) in [4.78, 5) is 25.5. The summed E-state index contributed by atoms with van der Waals surface area (Å²) in [6, 6.07) is 7.87. The third-order valence-electron chi connectivity index (χ3n) is 5.02. The summed E-state index contributed by atoms with van der Waals surface area (Å²) in [7, 11) is 1.83. The zero-order valence-corrected chi connectivity index (χ0v) is 16.4. The number of ether oxygens (including phenoxy) is 1. The van der Waals surface area contributed by atoms with E-state index in [0.29, 0.717) is 19.0 Å². The maximum Gasteiger partial charge on any atom is 0.260 e. The molecule has 0 unspecified atom stereocenters. The number of amides is 1. The van der Waals surface area contributed by atoms with Crippen LogP contribution >= 0.6 is 0 Å². The Hall–Kier alpha value is -3.16. The molecule has 0 spiro atoms. The Morgan fingerprint density at radius 3 is 2.68 bits per heavy atom. The molecule has 0 N–H and O–H groups in total. The van der Waals surface area contributed by atoms with Gasteiger partial charge in [0, 0.05) is 45.1 Å². The molecule has 0 radical (unpaired) electrons. The Bertz CT molecular complexity index is 993. The normalized spacial score (nSPS) is 14.5. The second-order valence-electron chi connectivity index (χ2n) is 7.05. The van der Waals surface area contributed by atoms with E-state index in [-0.39, 0.29) is 12.5 Å². The molecule has 0 aromatic carbocycles. The molecule has 1 fully saturated rings. The maximum absolute atomic E-state index is 12.6. The third-order valence-corrected chi connectivity index (χ3v) is 5.02. The van der Waals surface area contributed by atoms with E-state index in [2.05, 4.69) is 20.0 Å². The number of hydrogen-bond acceptors (Lipinski definition) is 6. The quantitative estimate of drug-likeness (QED) is 0.686. The van der Waals surface area contributed by atoms with Crippen molar-refractivity contribution in [2.75, 3.05) is 37.7 Å². The Labute approximate surface area is 163 Å². The van der Waals surface area contributed by atoms with Crippen molar-refractivity contribution in [1.82, 2.24) is 24.6 Å². The molecule has 1 saturated heterocycles. The van der Waals surface area contributed by atoms with Gasteiger partial charge in [0.05, 0.1) is 5.39 Å². The molecule has 8 nitrogen and oxygen atoms in total. The fourth-order valence-electron chi connectivity index (χ4n) is 3.60. The van der Waals surface area contributed by atoms with Gasteiger partial charge in [0.1, 0.15) is 5.82 Å². The van der Waals surface area contributed by atoms with E-state index in [1.54, 1.807) is 10.9 Å². The minimum Gasteiger partial charge on any atom is -0.466 e. The zero-order valence-electron chi connectivity index (χ0n) is 16.4. The molecular weight excluding hydrogens is 356 g/mol. The van der Waals surface area contributed by atoms with Crippen LogP contribution in [0.1, 0.15) is 11.3 Å². The van der Waals surface area contributed by atoms with E-state index in [1.165, 1.54) is 0 Å². The fraction of sp³-hybridized carbons (Fsp3) is 0.400. The van der Waals surface area contributed by atoms with Gasteiger partial charge < -0.3 is 14.5 Å². The molecule has 4 heterocycles. The van der Waals surface area contributed by atoms with E-state index in [1.807, 2.05) is 50.1 Å². The number of carbonyl (C=O) groups is 1. The molecule has 1 aliphatic rings. The Morgan fingerprint density at radius 1 is 1.18 bits per heavy atom. The number of anilines is 1. The highest BCUT2D eigenvalue weighted by Gasteiger charge is 2.23. The average Bonchev–Trinajstić information content (AvgIpc) is 3.03. The van der Waals surface area contributed by atoms with Crippen LogP contribution in [0.4, 0.5) is 5.82 Å². The second kappa shape index (κ2) is 7.46. The van der Waals surface area contributed by atoms with E-state index in [9.17, 15) is 4.79 Å². The lowest BCUT2D eigenvalue weighted by Gasteiger charge is -2.35. The zero-order chi connectivity index (χ0) is 19.7. The predicted octanol–water partition coefficient (Wildman–Crippen LogP) is 1.71. The van der Waals surface area contributed by atoms with E-state index in [0.717, 1.165) is 41.2 Å². The Morgan fingerprint density at radius 2 is 1.96 bits per heavy atom. The van der Waals surface area contributed by atoms with Crippen molar-refractivity contribution < 1.29 is 9.53 Å². The number of rotatable bonds is 4. The fourth-order valence-corrected chi connectivity index (χ4v) is 3.60. The molecule has 8 heteroatoms. The van der Waals surface area contributed by atoms with Crippen LogP contribution in [0.2, 0.25) is 0 Å². The number of hydrogen-bond donors (Lipinski definition) is 0. The molecule has 3 aromatic heterocycles. The number of pyridine rings is 2. The molecule has 0 aliphatic carbocycles. The van der Waals surface area contributed by atoms with E-state index < -0.39 is 0 Å². The second-order valence-corrected chi connectivity index (χ2v) is 7.05. The van der Waals surface area contributed by atoms with Crippen LogP contribution in [0, 0.1) is 13.8 Å². The minimum atomic E-state index is -0.0304. The summed E-state index contributed by atoms with van der Waals surface area (Å²) in [5.41, 5.74) is 2.74. The minimum absolute atomic E-state index is 0.0248. The number of aromatic nitrogens is 4. The van der Waals surface area contributed by atoms with Crippen LogP contribution in [0.15, 0.2) is 30.5 Å². The van der Waals surface area contributed by atoms with Gasteiger partial charge in [-0.2, -0.15) is 0 Å². The van der Waals surface area contributed by atoms with Crippen LogP contribution < -0.4 is 9.64 Å². The lowest BCUT2D eigenvalue weighted by Crippen LogP contribution is -2.50. The van der Waals surface area contributed by atoms with Crippen molar-refractivity contribution in [2.45, 2.75) is 13.8 Å². The molecule has 0 bridgehead atoms. The van der Waals surface area contributed by atoms with Gasteiger partial charge in [-0.25, -0.2) is 14.6 Å². The van der Waals surface area contributed by atoms with Gasteiger partial charge in [-0.05, 0) is 37.6 Å². The van der Waals surface area contributed by atoms with Gasteiger partial charge >= 0.3 is 0 Å². The average molecular weight is 380 g/mol. The molecule has 1 aliphatic heterocycles. The first kappa shape index (κ1) is 18.2. The molecule has 4 rings (SSSR count). The van der Waals surface area contributed by atoms with Gasteiger partial charge in [-0.15, -0.1) is 5.10 Å². The van der Waals surface area contributed by atoms with Crippen LogP contribution in [-0.2, 0) is 11.8 Å². The first-order valence-corrected chi connectivity index (χ1v) is 9.40. The molecule has 0 saturated carbocycles. The predicted molar refractivity (Wildman–Crippen MR) is 107 cm³/mol. The largest absolute Gasteiger partial charge is 0.466 e. The van der Waals surface area contributed by atoms with Gasteiger partial charge in [-0.3, -0.25) is 4.79 Å². The Kier molecular flexibility index (Phi) is 4.85. The summed E-state index contributed by atoms with van der Waals surface area (Å²) in [5.74, 6) is 1.38. The van der Waals surface area contributed by atoms with Crippen LogP contribution in [-0.4, -0.2) is 63.3 Å². The lowest BCUT2D eigenvalue weighted by molar-refractivity contribution is -0.133. The first-order valence-electron chi connectivity index (χ1n) is 9.40. The number of piperazine rings is 1.